The van der Waals surface area contributed by atoms with Gasteiger partial charge in [0.05, 0.1) is 18.4 Å². The largest absolute Gasteiger partial charge is 0.465 e. The fraction of sp³-hybridized carbons (Fsp3) is 0.200. The van der Waals surface area contributed by atoms with Crippen LogP contribution in [-0.4, -0.2) is 33.0 Å². The Labute approximate surface area is 133 Å². The predicted octanol–water partition coefficient (Wildman–Crippen LogP) is 2.22. The van der Waals surface area contributed by atoms with Crippen molar-refractivity contribution < 1.29 is 22.3 Å². The Morgan fingerprint density at radius 3 is 2.48 bits per heavy atom. The number of nitrogens with zero attached hydrogens (tertiary/aromatic N) is 2. The lowest BCUT2D eigenvalue weighted by atomic mass is 10.2. The molecule has 2 rings (SSSR count). The molecule has 0 saturated heterocycles. The van der Waals surface area contributed by atoms with E-state index in [1.54, 1.807) is 6.92 Å². The van der Waals surface area contributed by atoms with Crippen LogP contribution < -0.4 is 4.31 Å². The Morgan fingerprint density at radius 1 is 1.26 bits per heavy atom. The second-order valence-corrected chi connectivity index (χ2v) is 6.34. The summed E-state index contributed by atoms with van der Waals surface area (Å²) in [7, 11) is -3.02. The van der Waals surface area contributed by atoms with E-state index in [9.17, 15) is 17.6 Å². The molecule has 122 valence electrons. The van der Waals surface area contributed by atoms with Gasteiger partial charge in [-0.2, -0.15) is 0 Å². The molecule has 8 heteroatoms. The molecule has 0 spiro atoms. The Balaban J connectivity index is 2.63. The first-order chi connectivity index (χ1) is 10.9. The van der Waals surface area contributed by atoms with Gasteiger partial charge in [-0.15, -0.1) is 0 Å². The highest BCUT2D eigenvalue weighted by molar-refractivity contribution is 7.93. The third-order valence-electron chi connectivity index (χ3n) is 3.15. The van der Waals surface area contributed by atoms with Crippen LogP contribution in [0.4, 0.5) is 10.1 Å². The molecule has 6 nitrogen and oxygen atoms in total. The Kier molecular flexibility index (Phi) is 4.95. The van der Waals surface area contributed by atoms with Gasteiger partial charge >= 0.3 is 5.97 Å². The Hall–Kier alpha value is -2.48. The number of benzene rings is 1. The third kappa shape index (κ3) is 3.31. The van der Waals surface area contributed by atoms with Gasteiger partial charge in [0.2, 0.25) is 0 Å². The molecule has 1 heterocycles. The molecule has 1 aromatic carbocycles. The number of rotatable bonds is 5. The zero-order chi connectivity index (χ0) is 17.0. The molecule has 0 saturated carbocycles. The van der Waals surface area contributed by atoms with Crippen molar-refractivity contribution in [1.29, 1.82) is 0 Å². The maximum Gasteiger partial charge on any atom is 0.339 e. The first-order valence-corrected chi connectivity index (χ1v) is 8.16. The number of hydrogen-bond donors (Lipinski definition) is 0. The van der Waals surface area contributed by atoms with Crippen molar-refractivity contribution in [2.24, 2.45) is 0 Å². The van der Waals surface area contributed by atoms with Crippen molar-refractivity contribution in [3.8, 4) is 0 Å². The van der Waals surface area contributed by atoms with Gasteiger partial charge in [0, 0.05) is 18.9 Å². The smallest absolute Gasteiger partial charge is 0.339 e. The van der Waals surface area contributed by atoms with Gasteiger partial charge in [-0.05, 0) is 37.3 Å². The minimum absolute atomic E-state index is 0.101. The van der Waals surface area contributed by atoms with Crippen LogP contribution in [0.15, 0.2) is 47.6 Å². The molecular weight excluding hydrogens is 323 g/mol. The number of sulfonamides is 1. The lowest BCUT2D eigenvalue weighted by Gasteiger charge is -2.23. The summed E-state index contributed by atoms with van der Waals surface area (Å²) >= 11 is 0. The molecule has 0 unspecified atom stereocenters. The van der Waals surface area contributed by atoms with Crippen LogP contribution in [0, 0.1) is 5.82 Å². The minimum Gasteiger partial charge on any atom is -0.465 e. The van der Waals surface area contributed by atoms with Crippen LogP contribution in [0.3, 0.4) is 0 Å². The van der Waals surface area contributed by atoms with Gasteiger partial charge in [-0.1, -0.05) is 0 Å². The van der Waals surface area contributed by atoms with E-state index in [1.807, 2.05) is 0 Å². The monoisotopic (exact) mass is 338 g/mol. The van der Waals surface area contributed by atoms with Crippen molar-refractivity contribution in [3.63, 3.8) is 0 Å². The van der Waals surface area contributed by atoms with Crippen LogP contribution in [0.5, 0.6) is 0 Å². The van der Waals surface area contributed by atoms with Crippen molar-refractivity contribution in [3.05, 3.63) is 54.1 Å². The van der Waals surface area contributed by atoms with Crippen molar-refractivity contribution >= 4 is 21.7 Å². The number of halogens is 1. The van der Waals surface area contributed by atoms with Crippen LogP contribution in [0.2, 0.25) is 0 Å². The van der Waals surface area contributed by atoms with E-state index in [0.29, 0.717) is 5.69 Å². The zero-order valence-electron chi connectivity index (χ0n) is 12.6. The molecule has 0 radical (unpaired) electrons. The maximum atomic E-state index is 13.6. The molecule has 0 bridgehead atoms. The van der Waals surface area contributed by atoms with Gasteiger partial charge < -0.3 is 4.74 Å². The normalized spacial score (nSPS) is 11.1. The van der Waals surface area contributed by atoms with E-state index in [0.717, 1.165) is 29.6 Å². The van der Waals surface area contributed by atoms with Gasteiger partial charge in [0.15, 0.2) is 0 Å². The predicted molar refractivity (Wildman–Crippen MR) is 82.2 cm³/mol. The molecule has 0 aliphatic rings. The number of carbonyl (C=O) groups is 1. The van der Waals surface area contributed by atoms with Crippen molar-refractivity contribution in [2.75, 3.05) is 18.0 Å². The van der Waals surface area contributed by atoms with E-state index >= 15 is 0 Å². The highest BCUT2D eigenvalue weighted by Crippen LogP contribution is 2.26. The topological polar surface area (TPSA) is 76.6 Å². The lowest BCUT2D eigenvalue weighted by molar-refractivity contribution is 0.0596. The average molecular weight is 338 g/mol. The van der Waals surface area contributed by atoms with Crippen LogP contribution >= 0.6 is 0 Å². The number of aromatic nitrogens is 1. The van der Waals surface area contributed by atoms with E-state index in [4.69, 9.17) is 0 Å². The second kappa shape index (κ2) is 6.74. The highest BCUT2D eigenvalue weighted by atomic mass is 32.2. The van der Waals surface area contributed by atoms with Gasteiger partial charge in [-0.25, -0.2) is 17.6 Å². The summed E-state index contributed by atoms with van der Waals surface area (Å²) < 4.78 is 45.0. The number of carbonyl (C=O) groups excluding carboxylic acids is 1. The van der Waals surface area contributed by atoms with Crippen LogP contribution in [0.1, 0.15) is 17.3 Å². The molecule has 0 aliphatic carbocycles. The number of anilines is 1. The van der Waals surface area contributed by atoms with Gasteiger partial charge in [0.25, 0.3) is 10.0 Å². The van der Waals surface area contributed by atoms with E-state index in [2.05, 4.69) is 9.72 Å². The first kappa shape index (κ1) is 16.9. The summed E-state index contributed by atoms with van der Waals surface area (Å²) in [6.07, 6.45) is 2.89. The van der Waals surface area contributed by atoms with Crippen LogP contribution in [-0.2, 0) is 14.8 Å². The molecule has 23 heavy (non-hydrogen) atoms. The van der Waals surface area contributed by atoms with Crippen LogP contribution in [0.25, 0.3) is 0 Å². The molecule has 2 aromatic rings. The molecule has 0 atom stereocenters. The Bertz CT molecular complexity index is 809. The van der Waals surface area contributed by atoms with E-state index in [1.165, 1.54) is 24.5 Å². The quantitative estimate of drug-likeness (QED) is 0.781. The molecule has 0 aliphatic heterocycles. The number of esters is 1. The highest BCUT2D eigenvalue weighted by Gasteiger charge is 2.29. The van der Waals surface area contributed by atoms with Gasteiger partial charge in [0.1, 0.15) is 10.7 Å². The fourth-order valence-electron chi connectivity index (χ4n) is 2.11. The molecule has 0 amide bonds. The standard InChI is InChI=1S/C15H15FN2O4S/c1-3-18(12-6-8-17-9-7-12)23(20,21)14-10-11(16)4-5-13(14)15(19)22-2/h4-10H,3H2,1-2H3. The second-order valence-electron chi connectivity index (χ2n) is 4.51. The summed E-state index contributed by atoms with van der Waals surface area (Å²) in [6, 6.07) is 5.93. The van der Waals surface area contributed by atoms with E-state index in [-0.39, 0.29) is 12.1 Å². The summed E-state index contributed by atoms with van der Waals surface area (Å²) in [5.41, 5.74) is 0.143. The van der Waals surface area contributed by atoms with Crippen molar-refractivity contribution in [2.45, 2.75) is 11.8 Å². The summed E-state index contributed by atoms with van der Waals surface area (Å²) in [5.74, 6) is -1.61. The molecule has 1 aromatic heterocycles. The number of methoxy groups -OCH3 is 1. The van der Waals surface area contributed by atoms with Gasteiger partial charge in [-0.3, -0.25) is 9.29 Å². The number of pyridine rings is 1. The third-order valence-corrected chi connectivity index (χ3v) is 5.10. The first-order valence-electron chi connectivity index (χ1n) is 6.72. The average Bonchev–Trinajstić information content (AvgIpc) is 2.55. The van der Waals surface area contributed by atoms with E-state index < -0.39 is 26.7 Å². The minimum atomic E-state index is -4.15. The maximum absolute atomic E-state index is 13.6. The molecule has 0 N–H and O–H groups in total. The number of hydrogen-bond acceptors (Lipinski definition) is 5. The number of ether oxygens (including phenoxy) is 1. The molecule has 0 fully saturated rings. The fourth-order valence-corrected chi connectivity index (χ4v) is 3.78. The summed E-state index contributed by atoms with van der Waals surface area (Å²) in [5, 5.41) is 0. The van der Waals surface area contributed by atoms with Crippen molar-refractivity contribution in [1.82, 2.24) is 4.98 Å². The zero-order valence-corrected chi connectivity index (χ0v) is 13.4. The Morgan fingerprint density at radius 2 is 1.91 bits per heavy atom. The summed E-state index contributed by atoms with van der Waals surface area (Å²) in [6.45, 7) is 1.73. The molecular formula is C15H15FN2O4S. The SMILES string of the molecule is CCN(c1ccncc1)S(=O)(=O)c1cc(F)ccc1C(=O)OC. The summed E-state index contributed by atoms with van der Waals surface area (Å²) in [4.78, 5) is 15.2. The lowest BCUT2D eigenvalue weighted by Crippen LogP contribution is -2.32.